The Bertz CT molecular complexity index is 897. The topological polar surface area (TPSA) is 39.2 Å². The lowest BCUT2D eigenvalue weighted by molar-refractivity contribution is 0.0371. The van der Waals surface area contributed by atoms with Gasteiger partial charge >= 0.3 is 5.97 Å². The van der Waals surface area contributed by atoms with E-state index in [9.17, 15) is 4.79 Å². The zero-order chi connectivity index (χ0) is 18.4. The highest BCUT2D eigenvalue weighted by Gasteiger charge is 2.11. The minimum atomic E-state index is -0.399. The number of carbonyl (C=O) groups excluding carboxylic acids is 1. The normalized spacial score (nSPS) is 11.0. The maximum absolute atomic E-state index is 12.0. The van der Waals surface area contributed by atoms with Crippen LogP contribution in [-0.4, -0.2) is 17.1 Å². The van der Waals surface area contributed by atoms with Crippen molar-refractivity contribution in [1.29, 1.82) is 0 Å². The van der Waals surface area contributed by atoms with E-state index in [0.29, 0.717) is 5.69 Å². The monoisotopic (exact) mass is 343 g/mol. The van der Waals surface area contributed by atoms with E-state index in [1.165, 1.54) is 0 Å². The van der Waals surface area contributed by atoms with E-state index in [1.54, 1.807) is 6.07 Å². The van der Waals surface area contributed by atoms with Crippen molar-refractivity contribution in [1.82, 2.24) is 4.98 Å². The van der Waals surface area contributed by atoms with Crippen molar-refractivity contribution in [2.45, 2.75) is 20.0 Å². The molecule has 0 unspecified atom stereocenters. The fourth-order valence-corrected chi connectivity index (χ4v) is 2.51. The van der Waals surface area contributed by atoms with Gasteiger partial charge in [0, 0.05) is 5.56 Å². The fourth-order valence-electron chi connectivity index (χ4n) is 2.51. The summed E-state index contributed by atoms with van der Waals surface area (Å²) in [7, 11) is 0. The molecule has 0 N–H and O–H groups in total. The van der Waals surface area contributed by atoms with Crippen molar-refractivity contribution >= 4 is 18.1 Å². The average Bonchev–Trinajstić information content (AvgIpc) is 2.67. The number of hydrogen-bond acceptors (Lipinski definition) is 3. The Balaban J connectivity index is 1.76. The Kier molecular flexibility index (Phi) is 5.59. The SMILES string of the molecule is CC(C)OC(=O)c1cccc(-c2ccc(/C=C/c3ccccc3)cc2)n1. The van der Waals surface area contributed by atoms with Gasteiger partial charge in [-0.05, 0) is 37.1 Å². The van der Waals surface area contributed by atoms with E-state index in [-0.39, 0.29) is 6.10 Å². The van der Waals surface area contributed by atoms with Crippen LogP contribution < -0.4 is 0 Å². The van der Waals surface area contributed by atoms with Gasteiger partial charge in [-0.1, -0.05) is 72.8 Å². The highest BCUT2D eigenvalue weighted by Crippen LogP contribution is 2.19. The van der Waals surface area contributed by atoms with Crippen molar-refractivity contribution in [2.24, 2.45) is 0 Å². The lowest BCUT2D eigenvalue weighted by Gasteiger charge is -2.08. The van der Waals surface area contributed by atoms with Gasteiger partial charge in [0.2, 0.25) is 0 Å². The van der Waals surface area contributed by atoms with Gasteiger partial charge in [0.1, 0.15) is 5.69 Å². The smallest absolute Gasteiger partial charge is 0.357 e. The summed E-state index contributed by atoms with van der Waals surface area (Å²) < 4.78 is 5.21. The van der Waals surface area contributed by atoms with Gasteiger partial charge < -0.3 is 4.74 Å². The first-order valence-electron chi connectivity index (χ1n) is 8.63. The molecular weight excluding hydrogens is 322 g/mol. The molecule has 0 saturated carbocycles. The second-order valence-corrected chi connectivity index (χ2v) is 6.23. The maximum Gasteiger partial charge on any atom is 0.357 e. The maximum atomic E-state index is 12.0. The van der Waals surface area contributed by atoms with Crippen LogP contribution in [0.25, 0.3) is 23.4 Å². The van der Waals surface area contributed by atoms with Gasteiger partial charge in [-0.25, -0.2) is 9.78 Å². The highest BCUT2D eigenvalue weighted by atomic mass is 16.5. The summed E-state index contributed by atoms with van der Waals surface area (Å²) in [5.74, 6) is -0.399. The minimum absolute atomic E-state index is 0.163. The molecule has 0 aliphatic rings. The predicted octanol–water partition coefficient (Wildman–Crippen LogP) is 5.48. The Hall–Kier alpha value is -3.20. The molecule has 0 saturated heterocycles. The van der Waals surface area contributed by atoms with E-state index in [1.807, 2.05) is 68.4 Å². The largest absolute Gasteiger partial charge is 0.458 e. The number of hydrogen-bond donors (Lipinski definition) is 0. The number of rotatable bonds is 5. The van der Waals surface area contributed by atoms with Crippen molar-refractivity contribution in [3.05, 3.63) is 89.6 Å². The minimum Gasteiger partial charge on any atom is -0.458 e. The second-order valence-electron chi connectivity index (χ2n) is 6.23. The van der Waals surface area contributed by atoms with Crippen molar-refractivity contribution < 1.29 is 9.53 Å². The second kappa shape index (κ2) is 8.26. The Morgan fingerprint density at radius 1 is 0.846 bits per heavy atom. The first-order valence-corrected chi connectivity index (χ1v) is 8.63. The van der Waals surface area contributed by atoms with E-state index >= 15 is 0 Å². The fraction of sp³-hybridized carbons (Fsp3) is 0.130. The Morgan fingerprint density at radius 2 is 1.50 bits per heavy atom. The first-order chi connectivity index (χ1) is 12.6. The van der Waals surface area contributed by atoms with E-state index < -0.39 is 5.97 Å². The van der Waals surface area contributed by atoms with E-state index in [4.69, 9.17) is 4.74 Å². The van der Waals surface area contributed by atoms with E-state index in [2.05, 4.69) is 29.3 Å². The number of aromatic nitrogens is 1. The summed E-state index contributed by atoms with van der Waals surface area (Å²) in [4.78, 5) is 16.4. The number of nitrogens with zero attached hydrogens (tertiary/aromatic N) is 1. The van der Waals surface area contributed by atoms with Gasteiger partial charge in [-0.15, -0.1) is 0 Å². The van der Waals surface area contributed by atoms with Crippen LogP contribution in [-0.2, 0) is 4.74 Å². The Morgan fingerprint density at radius 3 is 2.15 bits per heavy atom. The van der Waals surface area contributed by atoms with Crippen molar-refractivity contribution in [3.63, 3.8) is 0 Å². The molecule has 0 bridgehead atoms. The molecule has 0 fully saturated rings. The molecule has 26 heavy (non-hydrogen) atoms. The predicted molar refractivity (Wildman–Crippen MR) is 106 cm³/mol. The highest BCUT2D eigenvalue weighted by molar-refractivity contribution is 5.88. The van der Waals surface area contributed by atoms with Crippen LogP contribution in [0.5, 0.6) is 0 Å². The quantitative estimate of drug-likeness (QED) is 0.454. The average molecular weight is 343 g/mol. The van der Waals surface area contributed by atoms with Crippen LogP contribution >= 0.6 is 0 Å². The van der Waals surface area contributed by atoms with Gasteiger partial charge in [-0.2, -0.15) is 0 Å². The molecule has 3 aromatic rings. The van der Waals surface area contributed by atoms with Crippen LogP contribution in [0, 0.1) is 0 Å². The van der Waals surface area contributed by atoms with Gasteiger partial charge in [-0.3, -0.25) is 0 Å². The molecule has 0 amide bonds. The van der Waals surface area contributed by atoms with Crippen LogP contribution in [0.15, 0.2) is 72.8 Å². The number of ether oxygens (including phenoxy) is 1. The van der Waals surface area contributed by atoms with Crippen LogP contribution in [0.2, 0.25) is 0 Å². The third-order valence-corrected chi connectivity index (χ3v) is 3.78. The number of pyridine rings is 1. The Labute approximate surface area is 154 Å². The summed E-state index contributed by atoms with van der Waals surface area (Å²) in [6.07, 6.45) is 3.99. The molecule has 3 rings (SSSR count). The molecule has 2 aromatic carbocycles. The number of benzene rings is 2. The van der Waals surface area contributed by atoms with Crippen molar-refractivity contribution in [2.75, 3.05) is 0 Å². The molecule has 0 radical (unpaired) electrons. The number of carbonyl (C=O) groups is 1. The molecule has 1 heterocycles. The molecule has 3 heteroatoms. The van der Waals surface area contributed by atoms with Crippen LogP contribution in [0.1, 0.15) is 35.5 Å². The third kappa shape index (κ3) is 4.67. The summed E-state index contributed by atoms with van der Waals surface area (Å²) in [6, 6.07) is 23.6. The zero-order valence-electron chi connectivity index (χ0n) is 14.9. The lowest BCUT2D eigenvalue weighted by atomic mass is 10.1. The molecule has 0 aliphatic heterocycles. The van der Waals surface area contributed by atoms with Gasteiger partial charge in [0.05, 0.1) is 11.8 Å². The lowest BCUT2D eigenvalue weighted by Crippen LogP contribution is -2.13. The molecule has 130 valence electrons. The van der Waals surface area contributed by atoms with Gasteiger partial charge in [0.25, 0.3) is 0 Å². The van der Waals surface area contributed by atoms with Gasteiger partial charge in [0.15, 0.2) is 0 Å². The standard InChI is InChI=1S/C23H21NO2/c1-17(2)26-23(25)22-10-6-9-21(24-22)20-15-13-19(14-16-20)12-11-18-7-4-3-5-8-18/h3-17H,1-2H3/b12-11+. The summed E-state index contributed by atoms with van der Waals surface area (Å²) in [6.45, 7) is 3.65. The van der Waals surface area contributed by atoms with E-state index in [0.717, 1.165) is 22.4 Å². The molecule has 1 aromatic heterocycles. The third-order valence-electron chi connectivity index (χ3n) is 3.78. The summed E-state index contributed by atoms with van der Waals surface area (Å²) >= 11 is 0. The summed E-state index contributed by atoms with van der Waals surface area (Å²) in [5, 5.41) is 0. The van der Waals surface area contributed by atoms with Crippen molar-refractivity contribution in [3.8, 4) is 11.3 Å². The molecule has 3 nitrogen and oxygen atoms in total. The molecule has 0 aliphatic carbocycles. The zero-order valence-corrected chi connectivity index (χ0v) is 14.9. The number of esters is 1. The molecule has 0 atom stereocenters. The van der Waals surface area contributed by atoms with Crippen LogP contribution in [0.4, 0.5) is 0 Å². The first kappa shape index (κ1) is 17.6. The summed E-state index contributed by atoms with van der Waals surface area (Å²) in [5.41, 5.74) is 4.30. The molecular formula is C23H21NO2. The van der Waals surface area contributed by atoms with Crippen LogP contribution in [0.3, 0.4) is 0 Å². The molecule has 0 spiro atoms.